The molecule has 0 aromatic carbocycles. The summed E-state index contributed by atoms with van der Waals surface area (Å²) in [6.45, 7) is 0. The third kappa shape index (κ3) is 15.4. The van der Waals surface area contributed by atoms with E-state index in [4.69, 9.17) is 0 Å². The lowest BCUT2D eigenvalue weighted by molar-refractivity contribution is -0.140. The van der Waals surface area contributed by atoms with Crippen LogP contribution in [0.5, 0.6) is 0 Å². The van der Waals surface area contributed by atoms with E-state index in [1.807, 2.05) is 17.1 Å². The van der Waals surface area contributed by atoms with Gasteiger partial charge in [-0.15, -0.1) is 0 Å². The van der Waals surface area contributed by atoms with Gasteiger partial charge in [0.2, 0.25) is 0 Å². The summed E-state index contributed by atoms with van der Waals surface area (Å²) in [4.78, 5) is 12.7. The van der Waals surface area contributed by atoms with Crippen molar-refractivity contribution in [1.29, 1.82) is 0 Å². The van der Waals surface area contributed by atoms with Crippen molar-refractivity contribution in [3.63, 3.8) is 0 Å². The first-order chi connectivity index (χ1) is 10.2. The Morgan fingerprint density at radius 3 is 2.71 bits per heavy atom. The molecule has 2 nitrogen and oxygen atoms in total. The molecule has 0 bridgehead atoms. The number of ether oxygens (including phenoxy) is 1. The van der Waals surface area contributed by atoms with Gasteiger partial charge in [-0.05, 0) is 49.2 Å². The molecule has 0 aliphatic carbocycles. The Balaban J connectivity index is 3.53. The normalized spacial score (nSPS) is 11.7. The maximum absolute atomic E-state index is 10.9. The quantitative estimate of drug-likeness (QED) is 0.210. The lowest BCUT2D eigenvalue weighted by Gasteiger charge is -1.94. The molecule has 0 heterocycles. The summed E-state index contributed by atoms with van der Waals surface area (Å²) in [5.41, 5.74) is 0. The average molecular weight is 418 g/mol. The Morgan fingerprint density at radius 1 is 1.24 bits per heavy atom. The molecular formula is C17H22Br2O2. The van der Waals surface area contributed by atoms with E-state index in [1.54, 1.807) is 0 Å². The van der Waals surface area contributed by atoms with E-state index in [2.05, 4.69) is 60.6 Å². The van der Waals surface area contributed by atoms with E-state index in [-0.39, 0.29) is 5.97 Å². The van der Waals surface area contributed by atoms with Gasteiger partial charge in [-0.25, -0.2) is 0 Å². The molecular weight excluding hydrogens is 396 g/mol. The van der Waals surface area contributed by atoms with E-state index in [0.29, 0.717) is 6.42 Å². The minimum absolute atomic E-state index is 0.167. The number of rotatable bonds is 9. The number of esters is 1. The molecule has 4 heteroatoms. The molecule has 0 unspecified atom stereocenters. The molecule has 0 N–H and O–H groups in total. The van der Waals surface area contributed by atoms with Crippen LogP contribution in [0.2, 0.25) is 0 Å². The number of hydrogen-bond acceptors (Lipinski definition) is 2. The van der Waals surface area contributed by atoms with Crippen molar-refractivity contribution >= 4 is 37.8 Å². The second kappa shape index (κ2) is 15.6. The Kier molecular flexibility index (Phi) is 15.0. The molecule has 0 fully saturated rings. The highest BCUT2D eigenvalue weighted by atomic mass is 79.9. The van der Waals surface area contributed by atoms with Crippen LogP contribution in [0.1, 0.15) is 44.9 Å². The summed E-state index contributed by atoms with van der Waals surface area (Å²) in [5, 5.41) is 0. The predicted octanol–water partition coefficient (Wildman–Crippen LogP) is 5.64. The summed E-state index contributed by atoms with van der Waals surface area (Å²) >= 11 is 6.70. The van der Waals surface area contributed by atoms with Crippen LogP contribution in [0, 0.1) is 11.8 Å². The van der Waals surface area contributed by atoms with Gasteiger partial charge >= 0.3 is 5.97 Å². The minimum Gasteiger partial charge on any atom is -0.469 e. The van der Waals surface area contributed by atoms with Crippen LogP contribution in [0.3, 0.4) is 0 Å². The van der Waals surface area contributed by atoms with Crippen LogP contribution in [0.15, 0.2) is 33.8 Å². The number of unbranched alkanes of at least 4 members (excludes halogenated alkanes) is 4. The van der Waals surface area contributed by atoms with Gasteiger partial charge in [0.05, 0.1) is 7.11 Å². The first-order valence-corrected chi connectivity index (χ1v) is 8.74. The van der Waals surface area contributed by atoms with Crippen molar-refractivity contribution in [3.8, 4) is 11.8 Å². The Morgan fingerprint density at radius 2 is 2.00 bits per heavy atom. The molecule has 0 rings (SSSR count). The van der Waals surface area contributed by atoms with E-state index < -0.39 is 0 Å². The van der Waals surface area contributed by atoms with Crippen LogP contribution in [0.4, 0.5) is 0 Å². The minimum atomic E-state index is -0.167. The molecule has 0 aromatic heterocycles. The van der Waals surface area contributed by atoms with Gasteiger partial charge < -0.3 is 4.74 Å². The number of carbonyl (C=O) groups is 1. The van der Waals surface area contributed by atoms with Crippen LogP contribution < -0.4 is 0 Å². The zero-order valence-corrected chi connectivity index (χ0v) is 15.6. The zero-order chi connectivity index (χ0) is 15.8. The summed E-state index contributed by atoms with van der Waals surface area (Å²) < 4.78 is 5.66. The van der Waals surface area contributed by atoms with E-state index >= 15 is 0 Å². The number of methoxy groups -OCH3 is 1. The van der Waals surface area contributed by atoms with Gasteiger partial charge in [-0.1, -0.05) is 55.9 Å². The van der Waals surface area contributed by atoms with Crippen molar-refractivity contribution < 1.29 is 9.53 Å². The fourth-order valence-electron chi connectivity index (χ4n) is 1.47. The maximum atomic E-state index is 10.9. The Labute approximate surface area is 145 Å². The van der Waals surface area contributed by atoms with Crippen molar-refractivity contribution in [3.05, 3.63) is 33.8 Å². The summed E-state index contributed by atoms with van der Waals surface area (Å²) in [7, 11) is 1.41. The number of carbonyl (C=O) groups excluding carboxylic acids is 1. The highest BCUT2D eigenvalue weighted by molar-refractivity contribution is 9.12. The predicted molar refractivity (Wildman–Crippen MR) is 96.3 cm³/mol. The van der Waals surface area contributed by atoms with Crippen LogP contribution in [-0.2, 0) is 9.53 Å². The number of hydrogen-bond donors (Lipinski definition) is 0. The number of allylic oxidation sites excluding steroid dienone is 5. The molecule has 0 saturated heterocycles. The lowest BCUT2D eigenvalue weighted by atomic mass is 10.2. The molecule has 0 spiro atoms. The monoisotopic (exact) mass is 416 g/mol. The van der Waals surface area contributed by atoms with E-state index in [9.17, 15) is 4.79 Å². The van der Waals surface area contributed by atoms with E-state index in [0.717, 1.165) is 36.6 Å². The standard InChI is InChI=1S/C17H22Br2O2/c1-21-17(20)13-11-9-7-5-3-2-4-6-8-10-12-16(19)14-15-18/h2-3,12,14-15H,4,6,8-11,13H2,1H3/b3-2+,15-14-,16-12?. The smallest absolute Gasteiger partial charge is 0.305 e. The summed E-state index contributed by atoms with van der Waals surface area (Å²) in [6, 6.07) is 0. The average Bonchev–Trinajstić information content (AvgIpc) is 2.48. The lowest BCUT2D eigenvalue weighted by Crippen LogP contribution is -1.98. The molecule has 0 radical (unpaired) electrons. The molecule has 0 atom stereocenters. The highest BCUT2D eigenvalue weighted by Gasteiger charge is 1.96. The topological polar surface area (TPSA) is 26.3 Å². The molecule has 0 amide bonds. The zero-order valence-electron chi connectivity index (χ0n) is 12.4. The highest BCUT2D eigenvalue weighted by Crippen LogP contribution is 2.11. The second-order valence-electron chi connectivity index (χ2n) is 4.32. The van der Waals surface area contributed by atoms with Gasteiger partial charge in [0.25, 0.3) is 0 Å². The van der Waals surface area contributed by atoms with Crippen LogP contribution in [-0.4, -0.2) is 13.1 Å². The van der Waals surface area contributed by atoms with Gasteiger partial charge in [0, 0.05) is 17.3 Å². The van der Waals surface area contributed by atoms with E-state index in [1.165, 1.54) is 13.5 Å². The van der Waals surface area contributed by atoms with Crippen molar-refractivity contribution in [1.82, 2.24) is 0 Å². The fourth-order valence-corrected chi connectivity index (χ4v) is 2.47. The van der Waals surface area contributed by atoms with Crippen molar-refractivity contribution in [2.24, 2.45) is 0 Å². The van der Waals surface area contributed by atoms with Crippen LogP contribution in [0.25, 0.3) is 0 Å². The van der Waals surface area contributed by atoms with Gasteiger partial charge in [0.15, 0.2) is 0 Å². The summed E-state index contributed by atoms with van der Waals surface area (Å²) in [5.74, 6) is 5.84. The number of halogens is 2. The Bertz CT molecular complexity index is 426. The van der Waals surface area contributed by atoms with Gasteiger partial charge in [0.1, 0.15) is 0 Å². The van der Waals surface area contributed by atoms with Crippen molar-refractivity contribution in [2.45, 2.75) is 44.9 Å². The molecule has 0 saturated carbocycles. The molecule has 116 valence electrons. The fraction of sp³-hybridized carbons (Fsp3) is 0.471. The first-order valence-electron chi connectivity index (χ1n) is 7.03. The Hall–Kier alpha value is -0.790. The largest absolute Gasteiger partial charge is 0.469 e. The SMILES string of the molecule is COC(=O)CCCC#C/C=C/CCCCC=C(Br)/C=C\Br. The molecule has 0 aromatic rings. The first kappa shape index (κ1) is 20.2. The van der Waals surface area contributed by atoms with Gasteiger partial charge in [-0.3, -0.25) is 4.79 Å². The van der Waals surface area contributed by atoms with Gasteiger partial charge in [-0.2, -0.15) is 0 Å². The van der Waals surface area contributed by atoms with Crippen molar-refractivity contribution in [2.75, 3.05) is 7.11 Å². The third-order valence-corrected chi connectivity index (χ3v) is 3.45. The third-order valence-electron chi connectivity index (χ3n) is 2.60. The summed E-state index contributed by atoms with van der Waals surface area (Å²) in [6.07, 6.45) is 14.5. The van der Waals surface area contributed by atoms with Crippen LogP contribution >= 0.6 is 31.9 Å². The second-order valence-corrected chi connectivity index (χ2v) is 5.76. The molecule has 21 heavy (non-hydrogen) atoms. The molecule has 0 aliphatic rings. The maximum Gasteiger partial charge on any atom is 0.305 e. The molecule has 0 aliphatic heterocycles.